The van der Waals surface area contributed by atoms with Crippen LogP contribution in [-0.4, -0.2) is 18.3 Å². The molecule has 0 aliphatic carbocycles. The number of benzene rings is 1. The number of aliphatic hydroxyl groups is 1. The predicted octanol–water partition coefficient (Wildman–Crippen LogP) is 4.32. The molecule has 20 heavy (non-hydrogen) atoms. The maximum Gasteiger partial charge on any atom is 0.175 e. The molecular weight excluding hydrogens is 408 g/mol. The number of aliphatic hydroxyl groups excluding tert-OH is 1. The molecule has 3 rings (SSSR count). The van der Waals surface area contributed by atoms with Crippen LogP contribution in [0, 0.1) is 0 Å². The first-order valence-electron chi connectivity index (χ1n) is 6.14. The predicted molar refractivity (Wildman–Crippen MR) is 85.8 cm³/mol. The zero-order valence-electron chi connectivity index (χ0n) is 10.4. The van der Waals surface area contributed by atoms with Crippen molar-refractivity contribution < 1.29 is 14.6 Å². The SMILES string of the molecule is OC(Cc1sccc1Br)c1cc(Br)c2c(c1)OCCO2. The Kier molecular flexibility index (Phi) is 4.35. The van der Waals surface area contributed by atoms with Crippen LogP contribution in [0.4, 0.5) is 0 Å². The Morgan fingerprint density at radius 3 is 2.75 bits per heavy atom. The van der Waals surface area contributed by atoms with Crippen LogP contribution in [0.1, 0.15) is 16.5 Å². The summed E-state index contributed by atoms with van der Waals surface area (Å²) in [6.45, 7) is 1.09. The van der Waals surface area contributed by atoms with E-state index >= 15 is 0 Å². The van der Waals surface area contributed by atoms with E-state index in [1.165, 1.54) is 0 Å². The van der Waals surface area contributed by atoms with Gasteiger partial charge < -0.3 is 14.6 Å². The van der Waals surface area contributed by atoms with Gasteiger partial charge in [-0.25, -0.2) is 0 Å². The van der Waals surface area contributed by atoms with E-state index in [2.05, 4.69) is 31.9 Å². The van der Waals surface area contributed by atoms with Gasteiger partial charge in [0.15, 0.2) is 11.5 Å². The smallest absolute Gasteiger partial charge is 0.175 e. The summed E-state index contributed by atoms with van der Waals surface area (Å²) in [5.41, 5.74) is 0.821. The van der Waals surface area contributed by atoms with Crippen LogP contribution >= 0.6 is 43.2 Å². The number of hydrogen-bond acceptors (Lipinski definition) is 4. The van der Waals surface area contributed by atoms with Gasteiger partial charge in [-0.05, 0) is 61.0 Å². The molecule has 0 saturated heterocycles. The van der Waals surface area contributed by atoms with Crippen LogP contribution in [0.25, 0.3) is 0 Å². The fourth-order valence-corrected chi connectivity index (χ4v) is 4.21. The van der Waals surface area contributed by atoms with Crippen LogP contribution in [0.3, 0.4) is 0 Å². The van der Waals surface area contributed by atoms with Gasteiger partial charge in [-0.15, -0.1) is 11.3 Å². The van der Waals surface area contributed by atoms with Crippen LogP contribution < -0.4 is 9.47 Å². The van der Waals surface area contributed by atoms with E-state index in [0.29, 0.717) is 31.1 Å². The number of halogens is 2. The van der Waals surface area contributed by atoms with Gasteiger partial charge in [-0.1, -0.05) is 0 Å². The van der Waals surface area contributed by atoms with E-state index < -0.39 is 6.10 Å². The molecule has 106 valence electrons. The number of rotatable bonds is 3. The summed E-state index contributed by atoms with van der Waals surface area (Å²) in [6.07, 6.45) is 0.00159. The van der Waals surface area contributed by atoms with E-state index in [1.807, 2.05) is 23.6 Å². The maximum atomic E-state index is 10.4. The molecule has 0 bridgehead atoms. The lowest BCUT2D eigenvalue weighted by Gasteiger charge is -2.21. The highest BCUT2D eigenvalue weighted by atomic mass is 79.9. The van der Waals surface area contributed by atoms with Gasteiger partial charge in [0.05, 0.1) is 10.6 Å². The molecule has 0 amide bonds. The average Bonchev–Trinajstić information content (AvgIpc) is 2.84. The van der Waals surface area contributed by atoms with Crippen molar-refractivity contribution >= 4 is 43.2 Å². The molecule has 0 spiro atoms. The summed E-state index contributed by atoms with van der Waals surface area (Å²) in [4.78, 5) is 1.13. The Hall–Kier alpha value is -0.560. The lowest BCUT2D eigenvalue weighted by Crippen LogP contribution is -2.16. The molecule has 0 saturated carbocycles. The number of ether oxygens (including phenoxy) is 2. The molecule has 2 aromatic rings. The summed E-state index contributed by atoms with van der Waals surface area (Å²) in [6, 6.07) is 5.73. The van der Waals surface area contributed by atoms with Crippen molar-refractivity contribution in [3.63, 3.8) is 0 Å². The summed E-state index contributed by atoms with van der Waals surface area (Å²) in [5.74, 6) is 1.40. The molecule has 0 radical (unpaired) electrons. The molecule has 3 nitrogen and oxygen atoms in total. The highest BCUT2D eigenvalue weighted by Gasteiger charge is 2.20. The van der Waals surface area contributed by atoms with Crippen LogP contribution in [0.2, 0.25) is 0 Å². The van der Waals surface area contributed by atoms with Crippen molar-refractivity contribution in [2.24, 2.45) is 0 Å². The summed E-state index contributed by atoms with van der Waals surface area (Å²) >= 11 is 8.59. The summed E-state index contributed by atoms with van der Waals surface area (Å²) < 4.78 is 13.0. The molecule has 2 heterocycles. The first-order valence-corrected chi connectivity index (χ1v) is 8.60. The zero-order chi connectivity index (χ0) is 14.1. The third-order valence-corrected chi connectivity index (χ3v) is 5.61. The second-order valence-corrected chi connectivity index (χ2v) is 7.15. The number of thiophene rings is 1. The van der Waals surface area contributed by atoms with Crippen molar-refractivity contribution in [3.8, 4) is 11.5 Å². The van der Waals surface area contributed by atoms with Crippen molar-refractivity contribution in [2.45, 2.75) is 12.5 Å². The third kappa shape index (κ3) is 2.88. The van der Waals surface area contributed by atoms with E-state index in [9.17, 15) is 5.11 Å². The van der Waals surface area contributed by atoms with Crippen molar-refractivity contribution in [3.05, 3.63) is 43.0 Å². The molecule has 0 fully saturated rings. The third-order valence-electron chi connectivity index (χ3n) is 3.07. The standard InChI is InChI=1S/C14H12Br2O3S/c15-9-1-4-20-13(9)7-11(17)8-5-10(16)14-12(6-8)18-2-3-19-14/h1,4-6,11,17H,2-3,7H2. The molecule has 1 aromatic heterocycles. The highest BCUT2D eigenvalue weighted by Crippen LogP contribution is 2.40. The lowest BCUT2D eigenvalue weighted by molar-refractivity contribution is 0.163. The molecular formula is C14H12Br2O3S. The largest absolute Gasteiger partial charge is 0.486 e. The molecule has 1 aliphatic heterocycles. The fraction of sp³-hybridized carbons (Fsp3) is 0.286. The van der Waals surface area contributed by atoms with Gasteiger partial charge in [-0.2, -0.15) is 0 Å². The zero-order valence-corrected chi connectivity index (χ0v) is 14.4. The monoisotopic (exact) mass is 418 g/mol. The Labute approximate surface area is 137 Å². The van der Waals surface area contributed by atoms with Crippen molar-refractivity contribution in [2.75, 3.05) is 13.2 Å². The van der Waals surface area contributed by atoms with E-state index in [-0.39, 0.29) is 0 Å². The Morgan fingerprint density at radius 1 is 1.20 bits per heavy atom. The molecule has 6 heteroatoms. The first kappa shape index (κ1) is 14.4. The maximum absolute atomic E-state index is 10.4. The van der Waals surface area contributed by atoms with E-state index in [4.69, 9.17) is 9.47 Å². The highest BCUT2D eigenvalue weighted by molar-refractivity contribution is 9.10. The second kappa shape index (κ2) is 6.05. The van der Waals surface area contributed by atoms with Crippen molar-refractivity contribution in [1.29, 1.82) is 0 Å². The van der Waals surface area contributed by atoms with Crippen molar-refractivity contribution in [1.82, 2.24) is 0 Å². The normalized spacial score (nSPS) is 15.2. The average molecular weight is 420 g/mol. The van der Waals surface area contributed by atoms with E-state index in [1.54, 1.807) is 11.3 Å². The Morgan fingerprint density at radius 2 is 2.00 bits per heavy atom. The Bertz CT molecular complexity index is 627. The van der Waals surface area contributed by atoms with Gasteiger partial charge >= 0.3 is 0 Å². The number of fused-ring (bicyclic) bond motifs is 1. The molecule has 1 unspecified atom stereocenters. The molecule has 1 aromatic carbocycles. The van der Waals surface area contributed by atoms with Gasteiger partial charge in [0.1, 0.15) is 13.2 Å². The second-order valence-electron chi connectivity index (χ2n) is 4.44. The summed E-state index contributed by atoms with van der Waals surface area (Å²) in [5, 5.41) is 12.4. The molecule has 1 atom stereocenters. The molecule has 1 aliphatic rings. The van der Waals surface area contributed by atoms with Gasteiger partial charge in [-0.3, -0.25) is 0 Å². The van der Waals surface area contributed by atoms with Gasteiger partial charge in [0, 0.05) is 15.8 Å². The topological polar surface area (TPSA) is 38.7 Å². The lowest BCUT2D eigenvalue weighted by atomic mass is 10.0. The fourth-order valence-electron chi connectivity index (χ4n) is 2.09. The quantitative estimate of drug-likeness (QED) is 0.804. The van der Waals surface area contributed by atoms with Crippen LogP contribution in [0.15, 0.2) is 32.5 Å². The van der Waals surface area contributed by atoms with Crippen LogP contribution in [0.5, 0.6) is 11.5 Å². The van der Waals surface area contributed by atoms with Crippen LogP contribution in [-0.2, 0) is 6.42 Å². The van der Waals surface area contributed by atoms with E-state index in [0.717, 1.165) is 19.4 Å². The summed E-state index contributed by atoms with van der Waals surface area (Å²) in [7, 11) is 0. The Balaban J connectivity index is 1.86. The van der Waals surface area contributed by atoms with Gasteiger partial charge in [0.25, 0.3) is 0 Å². The van der Waals surface area contributed by atoms with Gasteiger partial charge in [0.2, 0.25) is 0 Å². The molecule has 1 N–H and O–H groups in total. The minimum Gasteiger partial charge on any atom is -0.486 e. The minimum atomic E-state index is -0.572. The number of hydrogen-bond donors (Lipinski definition) is 1. The first-order chi connectivity index (χ1) is 9.65. The minimum absolute atomic E-state index is 0.537.